The van der Waals surface area contributed by atoms with Crippen LogP contribution in [0.25, 0.3) is 22.8 Å². The topological polar surface area (TPSA) is 100 Å². The van der Waals surface area contributed by atoms with Gasteiger partial charge < -0.3 is 0 Å². The number of hydrogen-bond donors (Lipinski definition) is 2. The van der Waals surface area contributed by atoms with E-state index in [9.17, 15) is 4.79 Å². The third kappa shape index (κ3) is 1.63. The predicted molar refractivity (Wildman–Crippen MR) is 57.9 cm³/mol. The molecule has 0 unspecified atom stereocenters. The Morgan fingerprint density at radius 3 is 2.94 bits per heavy atom. The largest absolute Gasteiger partial charge is 0.439 e. The zero-order chi connectivity index (χ0) is 11.7. The summed E-state index contributed by atoms with van der Waals surface area (Å²) in [6, 6.07) is 5.51. The highest BCUT2D eigenvalue weighted by atomic mass is 16.5. The minimum absolute atomic E-state index is 0.324. The lowest BCUT2D eigenvalue weighted by Crippen LogP contribution is -1.95. The standard InChI is InChI=1S/C10H7N5O2/c16-10-13-9(15-17-10)6-5-12-14-8(6)7-3-1-2-4-11-7/h1-5H,(H,12,14)(H,13,15,16). The quantitative estimate of drug-likeness (QED) is 0.677. The Balaban J connectivity index is 2.15. The summed E-state index contributed by atoms with van der Waals surface area (Å²) in [4.78, 5) is 17.6. The van der Waals surface area contributed by atoms with Crippen LogP contribution >= 0.6 is 0 Å². The van der Waals surface area contributed by atoms with Crippen molar-refractivity contribution in [3.05, 3.63) is 41.1 Å². The van der Waals surface area contributed by atoms with Crippen LogP contribution in [0.15, 0.2) is 39.9 Å². The van der Waals surface area contributed by atoms with Gasteiger partial charge in [0.05, 0.1) is 23.1 Å². The summed E-state index contributed by atoms with van der Waals surface area (Å²) in [5, 5.41) is 10.3. The Morgan fingerprint density at radius 1 is 1.29 bits per heavy atom. The van der Waals surface area contributed by atoms with Gasteiger partial charge in [0, 0.05) is 6.20 Å². The average molecular weight is 229 g/mol. The molecular weight excluding hydrogens is 222 g/mol. The Morgan fingerprint density at radius 2 is 2.24 bits per heavy atom. The van der Waals surface area contributed by atoms with E-state index >= 15 is 0 Å². The van der Waals surface area contributed by atoms with E-state index in [1.54, 1.807) is 12.4 Å². The highest BCUT2D eigenvalue weighted by Gasteiger charge is 2.14. The summed E-state index contributed by atoms with van der Waals surface area (Å²) in [5.74, 6) is -0.280. The van der Waals surface area contributed by atoms with Crippen molar-refractivity contribution in [2.24, 2.45) is 0 Å². The van der Waals surface area contributed by atoms with Gasteiger partial charge in [-0.25, -0.2) is 4.79 Å². The van der Waals surface area contributed by atoms with Crippen molar-refractivity contribution >= 4 is 0 Å². The molecule has 0 amide bonds. The summed E-state index contributed by atoms with van der Waals surface area (Å²) in [6.07, 6.45) is 3.23. The van der Waals surface area contributed by atoms with Crippen molar-refractivity contribution in [2.75, 3.05) is 0 Å². The van der Waals surface area contributed by atoms with Gasteiger partial charge >= 0.3 is 5.76 Å². The maximum atomic E-state index is 10.9. The molecule has 0 fully saturated rings. The molecule has 0 spiro atoms. The van der Waals surface area contributed by atoms with Crippen molar-refractivity contribution in [2.45, 2.75) is 0 Å². The third-order valence-electron chi connectivity index (χ3n) is 2.26. The number of nitrogens with one attached hydrogen (secondary N) is 2. The zero-order valence-corrected chi connectivity index (χ0v) is 8.54. The van der Waals surface area contributed by atoms with Gasteiger partial charge in [-0.2, -0.15) is 5.10 Å². The first-order valence-corrected chi connectivity index (χ1v) is 4.86. The first-order chi connectivity index (χ1) is 8.34. The normalized spacial score (nSPS) is 10.6. The number of hydrogen-bond acceptors (Lipinski definition) is 5. The lowest BCUT2D eigenvalue weighted by atomic mass is 10.2. The monoisotopic (exact) mass is 229 g/mol. The third-order valence-corrected chi connectivity index (χ3v) is 2.26. The number of nitrogens with zero attached hydrogens (tertiary/aromatic N) is 3. The van der Waals surface area contributed by atoms with Crippen LogP contribution in [-0.2, 0) is 0 Å². The summed E-state index contributed by atoms with van der Waals surface area (Å²) in [5.41, 5.74) is 2.02. The van der Waals surface area contributed by atoms with Crippen LogP contribution in [-0.4, -0.2) is 25.3 Å². The molecule has 0 aliphatic carbocycles. The van der Waals surface area contributed by atoms with Crippen LogP contribution in [0.5, 0.6) is 0 Å². The second-order valence-corrected chi connectivity index (χ2v) is 3.32. The molecule has 17 heavy (non-hydrogen) atoms. The van der Waals surface area contributed by atoms with E-state index in [1.807, 2.05) is 18.2 Å². The number of pyridine rings is 1. The molecule has 0 saturated carbocycles. The molecule has 7 heteroatoms. The zero-order valence-electron chi connectivity index (χ0n) is 8.54. The van der Waals surface area contributed by atoms with Gasteiger partial charge in [-0.05, 0) is 12.1 Å². The maximum absolute atomic E-state index is 10.9. The Bertz CT molecular complexity index is 682. The molecule has 7 nitrogen and oxygen atoms in total. The molecule has 0 aromatic carbocycles. The Kier molecular flexibility index (Phi) is 2.08. The van der Waals surface area contributed by atoms with Crippen molar-refractivity contribution in [1.82, 2.24) is 25.3 Å². The van der Waals surface area contributed by atoms with Crippen LogP contribution < -0.4 is 5.76 Å². The molecule has 3 aromatic heterocycles. The number of rotatable bonds is 2. The molecule has 0 saturated heterocycles. The van der Waals surface area contributed by atoms with Gasteiger partial charge in [0.25, 0.3) is 0 Å². The SMILES string of the molecule is O=c1[nH]c(-c2cn[nH]c2-c2ccccn2)no1. The smallest absolute Gasteiger partial charge is 0.296 e. The van der Waals surface area contributed by atoms with E-state index < -0.39 is 5.76 Å². The second-order valence-electron chi connectivity index (χ2n) is 3.32. The molecular formula is C10H7N5O2. The van der Waals surface area contributed by atoms with E-state index in [4.69, 9.17) is 0 Å². The highest BCUT2D eigenvalue weighted by molar-refractivity contribution is 5.74. The van der Waals surface area contributed by atoms with Gasteiger partial charge in [-0.15, -0.1) is 0 Å². The fraction of sp³-hybridized carbons (Fsp3) is 0. The van der Waals surface area contributed by atoms with E-state index in [1.165, 1.54) is 0 Å². The van der Waals surface area contributed by atoms with Crippen molar-refractivity contribution in [1.29, 1.82) is 0 Å². The first-order valence-electron chi connectivity index (χ1n) is 4.86. The lowest BCUT2D eigenvalue weighted by molar-refractivity contribution is 0.388. The summed E-state index contributed by atoms with van der Waals surface area (Å²) >= 11 is 0. The van der Waals surface area contributed by atoms with E-state index in [2.05, 4.69) is 29.8 Å². The molecule has 0 aliphatic rings. The van der Waals surface area contributed by atoms with E-state index in [-0.39, 0.29) is 0 Å². The molecule has 0 bridgehead atoms. The van der Waals surface area contributed by atoms with Crippen LogP contribution in [0.4, 0.5) is 0 Å². The number of aromatic amines is 2. The molecule has 2 N–H and O–H groups in total. The van der Waals surface area contributed by atoms with Crippen molar-refractivity contribution in [3.63, 3.8) is 0 Å². The number of aromatic nitrogens is 5. The minimum atomic E-state index is -0.604. The van der Waals surface area contributed by atoms with Gasteiger partial charge in [-0.3, -0.25) is 19.6 Å². The lowest BCUT2D eigenvalue weighted by Gasteiger charge is -1.97. The fourth-order valence-electron chi connectivity index (χ4n) is 1.52. The molecule has 3 rings (SSSR count). The van der Waals surface area contributed by atoms with Gasteiger partial charge in [0.2, 0.25) is 0 Å². The van der Waals surface area contributed by atoms with E-state index in [0.29, 0.717) is 22.8 Å². The molecule has 3 aromatic rings. The Hall–Kier alpha value is -2.70. The maximum Gasteiger partial charge on any atom is 0.439 e. The van der Waals surface area contributed by atoms with E-state index in [0.717, 1.165) is 0 Å². The molecule has 0 aliphatic heterocycles. The van der Waals surface area contributed by atoms with Crippen molar-refractivity contribution in [3.8, 4) is 22.8 Å². The minimum Gasteiger partial charge on any atom is -0.296 e. The van der Waals surface area contributed by atoms with Crippen LogP contribution in [0, 0.1) is 0 Å². The predicted octanol–water partition coefficient (Wildman–Crippen LogP) is 0.815. The fourth-order valence-corrected chi connectivity index (χ4v) is 1.52. The summed E-state index contributed by atoms with van der Waals surface area (Å²) in [7, 11) is 0. The van der Waals surface area contributed by atoms with Gasteiger partial charge in [0.15, 0.2) is 5.82 Å². The summed E-state index contributed by atoms with van der Waals surface area (Å²) < 4.78 is 4.46. The van der Waals surface area contributed by atoms with Gasteiger partial charge in [-0.1, -0.05) is 11.2 Å². The van der Waals surface area contributed by atoms with Crippen LogP contribution in [0.2, 0.25) is 0 Å². The molecule has 3 heterocycles. The van der Waals surface area contributed by atoms with Crippen LogP contribution in [0.3, 0.4) is 0 Å². The Labute approximate surface area is 94.5 Å². The molecule has 84 valence electrons. The number of H-pyrrole nitrogens is 2. The highest BCUT2D eigenvalue weighted by Crippen LogP contribution is 2.25. The second kappa shape index (κ2) is 3.71. The van der Waals surface area contributed by atoms with Crippen molar-refractivity contribution < 1.29 is 4.52 Å². The van der Waals surface area contributed by atoms with Gasteiger partial charge in [0.1, 0.15) is 0 Å². The van der Waals surface area contributed by atoms with Crippen LogP contribution in [0.1, 0.15) is 0 Å². The average Bonchev–Trinajstić information content (AvgIpc) is 2.98. The molecule has 0 atom stereocenters. The first kappa shape index (κ1) is 9.52. The molecule has 0 radical (unpaired) electrons. The summed E-state index contributed by atoms with van der Waals surface area (Å²) in [6.45, 7) is 0.